The molecule has 5 rings (SSSR count). The molecule has 180 valence electrons. The molecule has 5 heterocycles. The Morgan fingerprint density at radius 3 is 2.62 bits per heavy atom. The van der Waals surface area contributed by atoms with Gasteiger partial charge in [-0.25, -0.2) is 15.0 Å². The van der Waals surface area contributed by atoms with Crippen LogP contribution >= 0.6 is 11.3 Å². The van der Waals surface area contributed by atoms with E-state index in [0.29, 0.717) is 44.2 Å². The van der Waals surface area contributed by atoms with Crippen LogP contribution < -0.4 is 10.6 Å². The van der Waals surface area contributed by atoms with Crippen molar-refractivity contribution >= 4 is 39.5 Å². The summed E-state index contributed by atoms with van der Waals surface area (Å²) in [5, 5.41) is 9.79. The molecule has 1 unspecified atom stereocenters. The molecule has 0 bridgehead atoms. The van der Waals surface area contributed by atoms with Gasteiger partial charge in [-0.05, 0) is 24.6 Å². The Bertz CT molecular complexity index is 1160. The Kier molecular flexibility index (Phi) is 6.70. The van der Waals surface area contributed by atoms with E-state index in [2.05, 4.69) is 21.7 Å². The highest BCUT2D eigenvalue weighted by Gasteiger charge is 2.25. The second-order valence-corrected chi connectivity index (χ2v) is 9.74. The molecule has 3 aromatic heterocycles. The highest BCUT2D eigenvalue weighted by Crippen LogP contribution is 2.38. The number of rotatable bonds is 6. The van der Waals surface area contributed by atoms with Crippen LogP contribution in [0.4, 0.5) is 11.6 Å². The Morgan fingerprint density at radius 1 is 1.18 bits per heavy atom. The number of carbonyl (C=O) groups excluding carboxylic acids is 1. The van der Waals surface area contributed by atoms with E-state index in [-0.39, 0.29) is 0 Å². The first-order chi connectivity index (χ1) is 16.5. The van der Waals surface area contributed by atoms with E-state index in [1.54, 1.807) is 28.5 Å². The minimum atomic E-state index is -1.01. The molecule has 3 aromatic rings. The summed E-state index contributed by atoms with van der Waals surface area (Å²) in [6.45, 7) is 8.79. The molecule has 0 aromatic carbocycles. The fourth-order valence-electron chi connectivity index (χ4n) is 4.40. The number of pyridine rings is 1. The van der Waals surface area contributed by atoms with Crippen LogP contribution in [0.5, 0.6) is 0 Å². The zero-order valence-electron chi connectivity index (χ0n) is 19.2. The van der Waals surface area contributed by atoms with Crippen LogP contribution in [0.3, 0.4) is 0 Å². The number of hydrogen-bond acceptors (Lipinski definition) is 11. The average molecular weight is 484 g/mol. The summed E-state index contributed by atoms with van der Waals surface area (Å²) in [5.74, 6) is 2.05. The number of aliphatic hydroxyl groups excluding tert-OH is 1. The van der Waals surface area contributed by atoms with Gasteiger partial charge in [-0.1, -0.05) is 0 Å². The number of fused-ring (bicyclic) bond motifs is 1. The number of anilines is 2. The van der Waals surface area contributed by atoms with Crippen LogP contribution in [0.2, 0.25) is 0 Å². The number of aliphatic hydroxyl groups is 1. The summed E-state index contributed by atoms with van der Waals surface area (Å²) in [5.41, 5.74) is 8.75. The van der Waals surface area contributed by atoms with Crippen LogP contribution in [0.25, 0.3) is 21.6 Å². The Labute approximate surface area is 202 Å². The van der Waals surface area contributed by atoms with Crippen molar-refractivity contribution in [3.8, 4) is 11.4 Å². The maximum Gasteiger partial charge on any atom is 0.164 e. The van der Waals surface area contributed by atoms with Crippen molar-refractivity contribution in [3.05, 3.63) is 28.8 Å². The van der Waals surface area contributed by atoms with Gasteiger partial charge in [0.1, 0.15) is 5.82 Å². The lowest BCUT2D eigenvalue weighted by atomic mass is 10.2. The minimum absolute atomic E-state index is 0.466. The van der Waals surface area contributed by atoms with Gasteiger partial charge in [0.15, 0.2) is 24.2 Å². The van der Waals surface area contributed by atoms with Crippen LogP contribution in [-0.2, 0) is 16.1 Å². The van der Waals surface area contributed by atoms with Crippen LogP contribution in [0.15, 0.2) is 18.3 Å². The molecule has 2 fully saturated rings. The van der Waals surface area contributed by atoms with Crippen LogP contribution in [0.1, 0.15) is 10.4 Å². The third-order valence-corrected chi connectivity index (χ3v) is 7.73. The molecule has 2 aliphatic heterocycles. The Balaban J connectivity index is 1.48. The van der Waals surface area contributed by atoms with Crippen molar-refractivity contribution in [2.75, 3.05) is 63.1 Å². The number of morpholine rings is 1. The number of nitrogens with zero attached hydrogens (tertiary/aromatic N) is 6. The SMILES string of the molecule is Cc1c(CN2CCN(C(O)C=O)CC2)sc2c(N3CCOCC3)nc(-c3ccc(N)nc3)nc12. The number of nitrogens with two attached hydrogens (primary N) is 1. The fraction of sp³-hybridized carbons (Fsp3) is 0.478. The third-order valence-electron chi connectivity index (χ3n) is 6.47. The van der Waals surface area contributed by atoms with Gasteiger partial charge >= 0.3 is 0 Å². The number of carbonyl (C=O) groups is 1. The van der Waals surface area contributed by atoms with Crippen molar-refractivity contribution in [3.63, 3.8) is 0 Å². The second kappa shape index (κ2) is 9.88. The molecule has 0 spiro atoms. The monoisotopic (exact) mass is 483 g/mol. The number of aromatic nitrogens is 3. The molecule has 0 saturated carbocycles. The van der Waals surface area contributed by atoms with E-state index in [1.165, 1.54) is 4.88 Å². The quantitative estimate of drug-likeness (QED) is 0.493. The highest BCUT2D eigenvalue weighted by atomic mass is 32.1. The summed E-state index contributed by atoms with van der Waals surface area (Å²) in [6.07, 6.45) is 1.29. The van der Waals surface area contributed by atoms with Gasteiger partial charge in [-0.2, -0.15) is 0 Å². The van der Waals surface area contributed by atoms with E-state index in [9.17, 15) is 9.90 Å². The Morgan fingerprint density at radius 2 is 1.94 bits per heavy atom. The molecule has 0 radical (unpaired) electrons. The van der Waals surface area contributed by atoms with Crippen LogP contribution in [0, 0.1) is 6.92 Å². The van der Waals surface area contributed by atoms with Gasteiger partial charge in [0.25, 0.3) is 0 Å². The lowest BCUT2D eigenvalue weighted by Gasteiger charge is -2.35. The average Bonchev–Trinajstić information content (AvgIpc) is 3.19. The maximum atomic E-state index is 10.9. The Hall–Kier alpha value is -2.70. The molecule has 10 nitrogen and oxygen atoms in total. The van der Waals surface area contributed by atoms with E-state index in [0.717, 1.165) is 59.9 Å². The second-order valence-electron chi connectivity index (χ2n) is 8.63. The molecule has 2 saturated heterocycles. The molecule has 0 amide bonds. The molecule has 3 N–H and O–H groups in total. The number of aryl methyl sites for hydroxylation is 1. The maximum absolute atomic E-state index is 10.9. The lowest BCUT2D eigenvalue weighted by molar-refractivity contribution is -0.125. The van der Waals surface area contributed by atoms with E-state index >= 15 is 0 Å². The summed E-state index contributed by atoms with van der Waals surface area (Å²) < 4.78 is 6.66. The van der Waals surface area contributed by atoms with Crippen molar-refractivity contribution in [2.24, 2.45) is 0 Å². The number of thiophene rings is 1. The molecular weight excluding hydrogens is 454 g/mol. The predicted octanol–water partition coefficient (Wildman–Crippen LogP) is 1.12. The normalized spacial score (nSPS) is 18.9. The van der Waals surface area contributed by atoms with E-state index in [1.807, 2.05) is 6.07 Å². The number of aldehydes is 1. The molecule has 11 heteroatoms. The van der Waals surface area contributed by atoms with Crippen molar-refractivity contribution in [1.82, 2.24) is 24.8 Å². The predicted molar refractivity (Wildman–Crippen MR) is 132 cm³/mol. The standard InChI is InChI=1S/C23H29N7O3S/c1-15-17(13-28-4-6-29(7-5-28)19(32)14-31)34-21-20(15)26-22(16-2-3-18(24)25-12-16)27-23(21)30-8-10-33-11-9-30/h2-3,12,14,19,32H,4-11,13H2,1H3,(H2,24,25). The molecule has 0 aliphatic carbocycles. The summed E-state index contributed by atoms with van der Waals surface area (Å²) in [7, 11) is 0. The largest absolute Gasteiger partial charge is 0.384 e. The molecular formula is C23H29N7O3S. The van der Waals surface area contributed by atoms with Gasteiger partial charge in [-0.3, -0.25) is 14.6 Å². The van der Waals surface area contributed by atoms with Gasteiger partial charge in [-0.15, -0.1) is 11.3 Å². The topological polar surface area (TPSA) is 121 Å². The van der Waals surface area contributed by atoms with E-state index < -0.39 is 6.23 Å². The van der Waals surface area contributed by atoms with Crippen molar-refractivity contribution in [2.45, 2.75) is 19.7 Å². The zero-order chi connectivity index (χ0) is 23.7. The molecule has 1 atom stereocenters. The van der Waals surface area contributed by atoms with Crippen molar-refractivity contribution < 1.29 is 14.6 Å². The lowest BCUT2D eigenvalue weighted by Crippen LogP contribution is -2.50. The third kappa shape index (κ3) is 4.62. The zero-order valence-corrected chi connectivity index (χ0v) is 20.0. The number of ether oxygens (including phenoxy) is 1. The van der Waals surface area contributed by atoms with Gasteiger partial charge < -0.3 is 20.5 Å². The first-order valence-corrected chi connectivity index (χ1v) is 12.3. The van der Waals surface area contributed by atoms with Crippen LogP contribution in [-0.4, -0.2) is 94.9 Å². The first kappa shape index (κ1) is 23.1. The first-order valence-electron chi connectivity index (χ1n) is 11.5. The summed E-state index contributed by atoms with van der Waals surface area (Å²) in [4.78, 5) is 32.7. The van der Waals surface area contributed by atoms with Crippen molar-refractivity contribution in [1.29, 1.82) is 0 Å². The number of nitrogen functional groups attached to an aromatic ring is 1. The smallest absolute Gasteiger partial charge is 0.164 e. The van der Waals surface area contributed by atoms with E-state index in [4.69, 9.17) is 20.4 Å². The van der Waals surface area contributed by atoms with Gasteiger partial charge in [0.05, 0.1) is 23.4 Å². The summed E-state index contributed by atoms with van der Waals surface area (Å²) in [6, 6.07) is 3.67. The highest BCUT2D eigenvalue weighted by molar-refractivity contribution is 7.19. The number of hydrogen-bond donors (Lipinski definition) is 2. The van der Waals surface area contributed by atoms with Gasteiger partial charge in [0.2, 0.25) is 0 Å². The molecule has 34 heavy (non-hydrogen) atoms. The fourth-order valence-corrected chi connectivity index (χ4v) is 5.71. The van der Waals surface area contributed by atoms with Gasteiger partial charge in [0, 0.05) is 62.5 Å². The summed E-state index contributed by atoms with van der Waals surface area (Å²) >= 11 is 1.75. The number of piperazine rings is 1. The minimum Gasteiger partial charge on any atom is -0.384 e. The molecule has 2 aliphatic rings.